The molecule has 1 N–H and O–H groups in total. The standard InChI is InChI=1S/C17H21N3O/c1-5-9-21-17-8-6-7-15(10-17)13(2)18-11-16-12-19-20(4)14(16)3/h1,6-8,10,12-13,18H,9,11H2,2-4H3/t13-/m1/s1. The van der Waals surface area contributed by atoms with Gasteiger partial charge in [0.1, 0.15) is 12.4 Å². The number of aryl methyl sites for hydroxylation is 1. The summed E-state index contributed by atoms with van der Waals surface area (Å²) in [6, 6.07) is 8.22. The predicted molar refractivity (Wildman–Crippen MR) is 84.0 cm³/mol. The van der Waals surface area contributed by atoms with Crippen LogP contribution in [0.4, 0.5) is 0 Å². The van der Waals surface area contributed by atoms with Crippen molar-refractivity contribution in [1.29, 1.82) is 0 Å². The minimum atomic E-state index is 0.221. The molecule has 110 valence electrons. The molecule has 4 heteroatoms. The van der Waals surface area contributed by atoms with Gasteiger partial charge in [-0.1, -0.05) is 18.1 Å². The molecule has 4 nitrogen and oxygen atoms in total. The number of rotatable bonds is 6. The maximum atomic E-state index is 5.45. The molecule has 0 saturated heterocycles. The van der Waals surface area contributed by atoms with Crippen LogP contribution in [0.2, 0.25) is 0 Å². The van der Waals surface area contributed by atoms with Crippen LogP contribution in [0.25, 0.3) is 0 Å². The van der Waals surface area contributed by atoms with E-state index in [0.29, 0.717) is 6.61 Å². The molecule has 2 aromatic rings. The minimum absolute atomic E-state index is 0.221. The van der Waals surface area contributed by atoms with E-state index in [2.05, 4.69) is 36.2 Å². The second-order valence-electron chi connectivity index (χ2n) is 5.05. The first-order valence-corrected chi connectivity index (χ1v) is 6.99. The molecule has 0 aliphatic rings. The van der Waals surface area contributed by atoms with Crippen LogP contribution in [-0.4, -0.2) is 16.4 Å². The molecule has 0 aliphatic heterocycles. The first-order chi connectivity index (χ1) is 10.1. The van der Waals surface area contributed by atoms with Crippen molar-refractivity contribution in [3.8, 4) is 18.1 Å². The SMILES string of the molecule is C#CCOc1cccc([C@@H](C)NCc2cnn(C)c2C)c1. The third kappa shape index (κ3) is 3.87. The molecule has 0 radical (unpaired) electrons. The third-order valence-corrected chi connectivity index (χ3v) is 3.62. The van der Waals surface area contributed by atoms with Crippen molar-refractivity contribution < 1.29 is 4.74 Å². The summed E-state index contributed by atoms with van der Waals surface area (Å²) in [5, 5.41) is 7.76. The van der Waals surface area contributed by atoms with E-state index in [1.165, 1.54) is 16.8 Å². The number of nitrogens with one attached hydrogen (secondary N) is 1. The highest BCUT2D eigenvalue weighted by Crippen LogP contribution is 2.19. The topological polar surface area (TPSA) is 39.1 Å². The lowest BCUT2D eigenvalue weighted by Crippen LogP contribution is -2.18. The van der Waals surface area contributed by atoms with Gasteiger partial charge in [0.05, 0.1) is 6.20 Å². The Kier molecular flexibility index (Phi) is 5.02. The van der Waals surface area contributed by atoms with Crippen LogP contribution in [0.5, 0.6) is 5.75 Å². The Morgan fingerprint density at radius 3 is 2.95 bits per heavy atom. The Morgan fingerprint density at radius 2 is 2.29 bits per heavy atom. The number of hydrogen-bond donors (Lipinski definition) is 1. The van der Waals surface area contributed by atoms with E-state index >= 15 is 0 Å². The number of aromatic nitrogens is 2. The van der Waals surface area contributed by atoms with Crippen molar-refractivity contribution in [3.05, 3.63) is 47.3 Å². The van der Waals surface area contributed by atoms with E-state index in [0.717, 1.165) is 12.3 Å². The molecule has 0 unspecified atom stereocenters. The van der Waals surface area contributed by atoms with Crippen molar-refractivity contribution >= 4 is 0 Å². The van der Waals surface area contributed by atoms with Gasteiger partial charge in [-0.05, 0) is 31.5 Å². The van der Waals surface area contributed by atoms with Gasteiger partial charge >= 0.3 is 0 Å². The van der Waals surface area contributed by atoms with Crippen molar-refractivity contribution in [2.24, 2.45) is 7.05 Å². The summed E-state index contributed by atoms with van der Waals surface area (Å²) in [5.74, 6) is 3.28. The molecule has 0 fully saturated rings. The fourth-order valence-electron chi connectivity index (χ4n) is 2.10. The lowest BCUT2D eigenvalue weighted by molar-refractivity contribution is 0.369. The Bertz CT molecular complexity index is 640. The minimum Gasteiger partial charge on any atom is -0.481 e. The van der Waals surface area contributed by atoms with Crippen molar-refractivity contribution in [3.63, 3.8) is 0 Å². The number of nitrogens with zero attached hydrogens (tertiary/aromatic N) is 2. The molecule has 0 saturated carbocycles. The highest BCUT2D eigenvalue weighted by Gasteiger charge is 2.08. The molecule has 1 aromatic carbocycles. The highest BCUT2D eigenvalue weighted by atomic mass is 16.5. The van der Waals surface area contributed by atoms with Gasteiger partial charge in [0.15, 0.2) is 0 Å². The normalized spacial score (nSPS) is 11.9. The largest absolute Gasteiger partial charge is 0.481 e. The van der Waals surface area contributed by atoms with Crippen molar-refractivity contribution in [2.45, 2.75) is 26.4 Å². The summed E-state index contributed by atoms with van der Waals surface area (Å²) in [6.07, 6.45) is 7.11. The monoisotopic (exact) mass is 283 g/mol. The fourth-order valence-corrected chi connectivity index (χ4v) is 2.10. The van der Waals surface area contributed by atoms with Crippen molar-refractivity contribution in [1.82, 2.24) is 15.1 Å². The summed E-state index contributed by atoms with van der Waals surface area (Å²) >= 11 is 0. The van der Waals surface area contributed by atoms with E-state index in [9.17, 15) is 0 Å². The zero-order valence-corrected chi connectivity index (χ0v) is 12.8. The van der Waals surface area contributed by atoms with Gasteiger partial charge in [-0.2, -0.15) is 5.10 Å². The van der Waals surface area contributed by atoms with Gasteiger partial charge in [-0.25, -0.2) is 0 Å². The average Bonchev–Trinajstić information content (AvgIpc) is 2.82. The Morgan fingerprint density at radius 1 is 1.48 bits per heavy atom. The van der Waals surface area contributed by atoms with E-state index in [1.807, 2.05) is 36.1 Å². The Labute approximate surface area is 126 Å². The highest BCUT2D eigenvalue weighted by molar-refractivity contribution is 5.30. The smallest absolute Gasteiger partial charge is 0.148 e. The first-order valence-electron chi connectivity index (χ1n) is 6.99. The van der Waals surface area contributed by atoms with Crippen molar-refractivity contribution in [2.75, 3.05) is 6.61 Å². The van der Waals surface area contributed by atoms with Gasteiger partial charge in [-0.3, -0.25) is 4.68 Å². The molecular formula is C17H21N3O. The summed E-state index contributed by atoms with van der Waals surface area (Å²) in [6.45, 7) is 5.28. The van der Waals surface area contributed by atoms with Gasteiger partial charge in [-0.15, -0.1) is 6.42 Å². The zero-order chi connectivity index (χ0) is 15.2. The van der Waals surface area contributed by atoms with Crippen LogP contribution < -0.4 is 10.1 Å². The van der Waals surface area contributed by atoms with Gasteiger partial charge in [0, 0.05) is 30.9 Å². The predicted octanol–water partition coefficient (Wildman–Crippen LogP) is 2.59. The van der Waals surface area contributed by atoms with Gasteiger partial charge in [0.2, 0.25) is 0 Å². The molecule has 1 heterocycles. The van der Waals surface area contributed by atoms with Crippen LogP contribution in [0.15, 0.2) is 30.5 Å². The van der Waals surface area contributed by atoms with Crippen LogP contribution in [0, 0.1) is 19.3 Å². The van der Waals surface area contributed by atoms with E-state index < -0.39 is 0 Å². The van der Waals surface area contributed by atoms with E-state index in [4.69, 9.17) is 11.2 Å². The second kappa shape index (κ2) is 6.96. The number of benzene rings is 1. The zero-order valence-electron chi connectivity index (χ0n) is 12.8. The summed E-state index contributed by atoms with van der Waals surface area (Å²) in [5.41, 5.74) is 3.57. The van der Waals surface area contributed by atoms with Crippen LogP contribution in [0.3, 0.4) is 0 Å². The molecule has 21 heavy (non-hydrogen) atoms. The summed E-state index contributed by atoms with van der Waals surface area (Å²) in [7, 11) is 1.95. The Hall–Kier alpha value is -2.25. The number of hydrogen-bond acceptors (Lipinski definition) is 3. The van der Waals surface area contributed by atoms with Crippen LogP contribution in [0.1, 0.15) is 29.8 Å². The molecular weight excluding hydrogens is 262 g/mol. The third-order valence-electron chi connectivity index (χ3n) is 3.62. The maximum absolute atomic E-state index is 5.45. The number of ether oxygens (including phenoxy) is 1. The molecule has 1 aromatic heterocycles. The van der Waals surface area contributed by atoms with Crippen LogP contribution >= 0.6 is 0 Å². The maximum Gasteiger partial charge on any atom is 0.148 e. The van der Waals surface area contributed by atoms with Gasteiger partial charge in [0.25, 0.3) is 0 Å². The summed E-state index contributed by atoms with van der Waals surface area (Å²) in [4.78, 5) is 0. The fraction of sp³-hybridized carbons (Fsp3) is 0.353. The lowest BCUT2D eigenvalue weighted by atomic mass is 10.1. The first kappa shape index (κ1) is 15.1. The molecule has 1 atom stereocenters. The molecule has 0 bridgehead atoms. The molecule has 0 spiro atoms. The van der Waals surface area contributed by atoms with E-state index in [-0.39, 0.29) is 6.04 Å². The molecule has 0 aliphatic carbocycles. The molecule has 2 rings (SSSR count). The lowest BCUT2D eigenvalue weighted by Gasteiger charge is -2.15. The average molecular weight is 283 g/mol. The number of terminal acetylenes is 1. The molecule has 0 amide bonds. The van der Waals surface area contributed by atoms with E-state index in [1.54, 1.807) is 0 Å². The summed E-state index contributed by atoms with van der Waals surface area (Å²) < 4.78 is 7.34. The van der Waals surface area contributed by atoms with Gasteiger partial charge < -0.3 is 10.1 Å². The Balaban J connectivity index is 1.98. The van der Waals surface area contributed by atoms with Crippen LogP contribution in [-0.2, 0) is 13.6 Å². The second-order valence-corrected chi connectivity index (χ2v) is 5.05. The quantitative estimate of drug-likeness (QED) is 0.828.